The minimum atomic E-state index is -3.75. The van der Waals surface area contributed by atoms with Crippen molar-refractivity contribution in [1.82, 2.24) is 29.5 Å². The molecule has 0 amide bonds. The van der Waals surface area contributed by atoms with Crippen molar-refractivity contribution >= 4 is 63.2 Å². The maximum atomic E-state index is 13.0. The molecule has 0 aliphatic carbocycles. The van der Waals surface area contributed by atoms with Crippen LogP contribution in [0, 0.1) is 13.8 Å². The number of rotatable bonds is 8. The number of benzene rings is 4. The predicted octanol–water partition coefficient (Wildman–Crippen LogP) is 9.70. The summed E-state index contributed by atoms with van der Waals surface area (Å²) in [5.74, 6) is 1.75. The van der Waals surface area contributed by atoms with Crippen LogP contribution in [0.25, 0.3) is 33.2 Å². The number of fused-ring (bicyclic) bond motifs is 2. The van der Waals surface area contributed by atoms with Crippen LogP contribution in [0.1, 0.15) is 62.0 Å². The number of aryl methyl sites for hydroxylation is 2. The Balaban J connectivity index is 0.000000165. The highest BCUT2D eigenvalue weighted by Crippen LogP contribution is 2.27. The topological polar surface area (TPSA) is 168 Å². The first kappa shape index (κ1) is 42.5. The summed E-state index contributed by atoms with van der Waals surface area (Å²) in [6.45, 7) is 12.0. The first-order chi connectivity index (χ1) is 28.0. The van der Waals surface area contributed by atoms with Gasteiger partial charge in [-0.05, 0) is 110 Å². The number of anilines is 2. The molecule has 0 unspecified atom stereocenters. The molecule has 59 heavy (non-hydrogen) atoms. The standard InChI is InChI=1S/C22H22N4O2S.C13H12N4.C9H11ClO2S/c1-15(2)17-9-11-18(12-10-17)29(27,28)25-22-14-16(3)24-26(22)21-8-4-7-20-19(21)6-5-13-23-20;1-9-8-13(14)17(16-9)12-6-2-5-11-10(12)4-3-7-15-11;1-7(2)8-3-5-9(6-4-8)13(10,11)12/h4-15,25H,1-3H3;2-8H,14H2,1H3;3-7H,1-2H3. The lowest BCUT2D eigenvalue weighted by atomic mass is 10.0. The van der Waals surface area contributed by atoms with E-state index in [0.29, 0.717) is 29.2 Å². The molecule has 15 heteroatoms. The van der Waals surface area contributed by atoms with Gasteiger partial charge in [-0.1, -0.05) is 64.1 Å². The smallest absolute Gasteiger partial charge is 0.263 e. The van der Waals surface area contributed by atoms with Gasteiger partial charge in [-0.2, -0.15) is 10.2 Å². The molecule has 0 aliphatic rings. The molecule has 0 atom stereocenters. The van der Waals surface area contributed by atoms with Crippen LogP contribution in [0.4, 0.5) is 11.6 Å². The molecule has 0 spiro atoms. The molecule has 304 valence electrons. The number of pyridine rings is 2. The van der Waals surface area contributed by atoms with Gasteiger partial charge < -0.3 is 5.73 Å². The van der Waals surface area contributed by atoms with Crippen molar-refractivity contribution in [3.63, 3.8) is 0 Å². The first-order valence-corrected chi connectivity index (χ1v) is 22.6. The molecule has 0 fully saturated rings. The second-order valence-corrected chi connectivity index (χ2v) is 18.6. The van der Waals surface area contributed by atoms with Gasteiger partial charge in [0.15, 0.2) is 0 Å². The van der Waals surface area contributed by atoms with Crippen LogP contribution in [0.2, 0.25) is 0 Å². The van der Waals surface area contributed by atoms with Crippen molar-refractivity contribution in [1.29, 1.82) is 0 Å². The van der Waals surface area contributed by atoms with Crippen LogP contribution in [-0.4, -0.2) is 46.4 Å². The maximum absolute atomic E-state index is 13.0. The van der Waals surface area contributed by atoms with E-state index in [1.807, 2.05) is 107 Å². The number of hydrogen-bond acceptors (Lipinski definition) is 9. The minimum absolute atomic E-state index is 0.151. The Hall–Kier alpha value is -6.09. The number of hydrogen-bond donors (Lipinski definition) is 2. The van der Waals surface area contributed by atoms with E-state index in [1.54, 1.807) is 52.1 Å². The SMILES string of the molecule is CC(C)c1ccc(S(=O)(=O)Cl)cc1.Cc1cc(N)n(-c2cccc3ncccc23)n1.Cc1cc(NS(=O)(=O)c2ccc(C(C)C)cc2)n(-c2cccc3ncccc23)n1. The van der Waals surface area contributed by atoms with Gasteiger partial charge in [0.25, 0.3) is 19.1 Å². The number of nitrogens with zero attached hydrogens (tertiary/aromatic N) is 6. The van der Waals surface area contributed by atoms with Gasteiger partial charge >= 0.3 is 0 Å². The summed E-state index contributed by atoms with van der Waals surface area (Å²) in [4.78, 5) is 9.06. The lowest BCUT2D eigenvalue weighted by molar-refractivity contribution is 0.600. The number of aromatic nitrogens is 6. The van der Waals surface area contributed by atoms with Crippen LogP contribution in [0.5, 0.6) is 0 Å². The fraction of sp³-hybridized carbons (Fsp3) is 0.182. The highest BCUT2D eigenvalue weighted by atomic mass is 35.7. The highest BCUT2D eigenvalue weighted by molar-refractivity contribution is 8.13. The molecular formula is C44H45ClN8O4S2. The van der Waals surface area contributed by atoms with E-state index in [1.165, 1.54) is 12.1 Å². The normalized spacial score (nSPS) is 11.6. The molecule has 12 nitrogen and oxygen atoms in total. The van der Waals surface area contributed by atoms with Gasteiger partial charge in [0.1, 0.15) is 11.6 Å². The highest BCUT2D eigenvalue weighted by Gasteiger charge is 2.19. The monoisotopic (exact) mass is 848 g/mol. The molecule has 0 saturated heterocycles. The summed E-state index contributed by atoms with van der Waals surface area (Å²) in [5, 5.41) is 10.8. The van der Waals surface area contributed by atoms with E-state index >= 15 is 0 Å². The van der Waals surface area contributed by atoms with Gasteiger partial charge in [-0.25, -0.2) is 26.2 Å². The van der Waals surface area contributed by atoms with E-state index in [2.05, 4.69) is 38.7 Å². The lowest BCUT2D eigenvalue weighted by Crippen LogP contribution is -2.16. The Morgan fingerprint density at radius 2 is 1.05 bits per heavy atom. The quantitative estimate of drug-likeness (QED) is 0.142. The van der Waals surface area contributed by atoms with Crippen LogP contribution in [0.3, 0.4) is 0 Å². The summed E-state index contributed by atoms with van der Waals surface area (Å²) >= 11 is 0. The van der Waals surface area contributed by atoms with Crippen LogP contribution >= 0.6 is 10.7 Å². The summed E-state index contributed by atoms with van der Waals surface area (Å²) < 4.78 is 53.8. The van der Waals surface area contributed by atoms with Crippen LogP contribution < -0.4 is 10.5 Å². The molecule has 0 bridgehead atoms. The van der Waals surface area contributed by atoms with E-state index in [4.69, 9.17) is 16.4 Å². The van der Waals surface area contributed by atoms with Crippen molar-refractivity contribution < 1.29 is 16.8 Å². The minimum Gasteiger partial charge on any atom is -0.384 e. The van der Waals surface area contributed by atoms with Crippen molar-refractivity contribution in [3.8, 4) is 11.4 Å². The van der Waals surface area contributed by atoms with Gasteiger partial charge in [0.05, 0.1) is 43.6 Å². The molecule has 0 radical (unpaired) electrons. The maximum Gasteiger partial charge on any atom is 0.263 e. The summed E-state index contributed by atoms with van der Waals surface area (Å²) in [6, 6.07) is 36.5. The number of nitrogens with two attached hydrogens (primary N) is 1. The summed E-state index contributed by atoms with van der Waals surface area (Å²) in [7, 11) is -2.16. The van der Waals surface area contributed by atoms with Gasteiger partial charge in [0, 0.05) is 46.0 Å². The zero-order valence-corrected chi connectivity index (χ0v) is 35.8. The average Bonchev–Trinajstić information content (AvgIpc) is 3.75. The molecule has 4 aromatic carbocycles. The fourth-order valence-corrected chi connectivity index (χ4v) is 8.06. The van der Waals surface area contributed by atoms with E-state index in [-0.39, 0.29) is 9.79 Å². The molecule has 4 heterocycles. The third-order valence-electron chi connectivity index (χ3n) is 9.32. The second-order valence-electron chi connectivity index (χ2n) is 14.4. The number of nitrogens with one attached hydrogen (secondary N) is 1. The number of halogens is 1. The molecule has 8 aromatic rings. The van der Waals surface area contributed by atoms with Crippen molar-refractivity contribution in [2.75, 3.05) is 10.5 Å². The van der Waals surface area contributed by atoms with Gasteiger partial charge in [-0.3, -0.25) is 14.7 Å². The predicted molar refractivity (Wildman–Crippen MR) is 237 cm³/mol. The Morgan fingerprint density at radius 1 is 0.593 bits per heavy atom. The Labute approximate surface area is 349 Å². The molecule has 4 aromatic heterocycles. The largest absolute Gasteiger partial charge is 0.384 e. The molecular weight excluding hydrogens is 804 g/mol. The third-order valence-corrected chi connectivity index (χ3v) is 12.1. The van der Waals surface area contributed by atoms with Gasteiger partial charge in [-0.15, -0.1) is 0 Å². The molecule has 0 saturated carbocycles. The van der Waals surface area contributed by atoms with Crippen LogP contribution in [-0.2, 0) is 19.1 Å². The van der Waals surface area contributed by atoms with E-state index < -0.39 is 19.1 Å². The van der Waals surface area contributed by atoms with Crippen molar-refractivity contribution in [2.24, 2.45) is 0 Å². The first-order valence-electron chi connectivity index (χ1n) is 18.8. The lowest BCUT2D eigenvalue weighted by Gasteiger charge is -2.13. The zero-order chi connectivity index (χ0) is 42.5. The third kappa shape index (κ3) is 10.1. The van der Waals surface area contributed by atoms with Crippen LogP contribution in [0.15, 0.2) is 144 Å². The Morgan fingerprint density at radius 3 is 1.51 bits per heavy atom. The molecule has 0 aliphatic heterocycles. The second kappa shape index (κ2) is 17.8. The fourth-order valence-electron chi connectivity index (χ4n) is 6.26. The van der Waals surface area contributed by atoms with E-state index in [0.717, 1.165) is 50.0 Å². The molecule has 8 rings (SSSR count). The van der Waals surface area contributed by atoms with E-state index in [9.17, 15) is 16.8 Å². The Kier molecular flexibility index (Phi) is 12.8. The zero-order valence-electron chi connectivity index (χ0n) is 33.4. The number of sulfonamides is 1. The average molecular weight is 849 g/mol. The van der Waals surface area contributed by atoms with Crippen molar-refractivity contribution in [3.05, 3.63) is 156 Å². The summed E-state index contributed by atoms with van der Waals surface area (Å²) in [6.07, 6.45) is 3.51. The number of nitrogen functional groups attached to an aromatic ring is 1. The summed E-state index contributed by atoms with van der Waals surface area (Å²) in [5.41, 5.74) is 13.2. The molecule has 3 N–H and O–H groups in total. The van der Waals surface area contributed by atoms with Gasteiger partial charge in [0.2, 0.25) is 0 Å². The van der Waals surface area contributed by atoms with Crippen molar-refractivity contribution in [2.45, 2.75) is 63.2 Å². The Bertz CT molecular complexity index is 2940.